The van der Waals surface area contributed by atoms with Gasteiger partial charge in [-0.3, -0.25) is 9.59 Å². The van der Waals surface area contributed by atoms with Crippen LogP contribution in [0.25, 0.3) is 5.69 Å². The van der Waals surface area contributed by atoms with Crippen LogP contribution in [0.15, 0.2) is 48.5 Å². The zero-order valence-electron chi connectivity index (χ0n) is 18.1. The van der Waals surface area contributed by atoms with E-state index < -0.39 is 0 Å². The van der Waals surface area contributed by atoms with Crippen molar-refractivity contribution >= 4 is 11.8 Å². The molecule has 0 aliphatic carbocycles. The first-order valence-electron chi connectivity index (χ1n) is 9.91. The molecule has 0 fully saturated rings. The Bertz CT molecular complexity index is 1050. The Kier molecular flexibility index (Phi) is 6.30. The molecule has 30 heavy (non-hydrogen) atoms. The Labute approximate surface area is 176 Å². The minimum absolute atomic E-state index is 0.0478. The predicted molar refractivity (Wildman–Crippen MR) is 116 cm³/mol. The maximum Gasteiger partial charge on any atom is 0.276 e. The van der Waals surface area contributed by atoms with Gasteiger partial charge in [0.05, 0.1) is 11.4 Å². The average molecular weight is 406 g/mol. The maximum absolute atomic E-state index is 13.1. The fraction of sp³-hybridized carbons (Fsp3) is 0.304. The van der Waals surface area contributed by atoms with E-state index >= 15 is 0 Å². The minimum Gasteiger partial charge on any atom is -0.345 e. The highest BCUT2D eigenvalue weighted by Gasteiger charge is 2.22. The van der Waals surface area contributed by atoms with Crippen molar-refractivity contribution in [3.63, 3.8) is 0 Å². The van der Waals surface area contributed by atoms with Crippen LogP contribution >= 0.6 is 0 Å². The van der Waals surface area contributed by atoms with Crippen LogP contribution in [-0.4, -0.2) is 57.2 Å². The van der Waals surface area contributed by atoms with E-state index in [2.05, 4.69) is 10.3 Å². The highest BCUT2D eigenvalue weighted by molar-refractivity contribution is 5.94. The maximum atomic E-state index is 13.1. The lowest BCUT2D eigenvalue weighted by Gasteiger charge is -2.20. The summed E-state index contributed by atoms with van der Waals surface area (Å²) in [5.74, 6) is -0.212. The lowest BCUT2D eigenvalue weighted by Crippen LogP contribution is -2.31. The second kappa shape index (κ2) is 8.90. The summed E-state index contributed by atoms with van der Waals surface area (Å²) in [7, 11) is 3.44. The zero-order valence-corrected chi connectivity index (χ0v) is 18.1. The van der Waals surface area contributed by atoms with Crippen molar-refractivity contribution in [2.75, 3.05) is 20.6 Å². The van der Waals surface area contributed by atoms with Crippen molar-refractivity contribution in [2.24, 2.45) is 0 Å². The minimum atomic E-state index is -0.164. The number of rotatable bonds is 6. The van der Waals surface area contributed by atoms with Crippen molar-refractivity contribution in [1.82, 2.24) is 24.8 Å². The molecule has 0 unspecified atom stereocenters. The van der Waals surface area contributed by atoms with Crippen LogP contribution in [0.1, 0.15) is 44.6 Å². The van der Waals surface area contributed by atoms with E-state index in [0.29, 0.717) is 30.0 Å². The third-order valence-corrected chi connectivity index (χ3v) is 4.99. The van der Waals surface area contributed by atoms with E-state index in [1.807, 2.05) is 57.2 Å². The molecule has 0 saturated carbocycles. The second-order valence-corrected chi connectivity index (χ2v) is 7.49. The molecule has 0 spiro atoms. The molecule has 0 atom stereocenters. The molecule has 0 aliphatic rings. The van der Waals surface area contributed by atoms with E-state index in [1.54, 1.807) is 35.8 Å². The van der Waals surface area contributed by atoms with Gasteiger partial charge in [0.15, 0.2) is 5.69 Å². The monoisotopic (exact) mass is 405 g/mol. The van der Waals surface area contributed by atoms with Gasteiger partial charge in [0.1, 0.15) is 0 Å². The molecule has 3 rings (SSSR count). The van der Waals surface area contributed by atoms with Gasteiger partial charge in [-0.05, 0) is 56.2 Å². The number of benzene rings is 2. The first-order chi connectivity index (χ1) is 14.3. The lowest BCUT2D eigenvalue weighted by atomic mass is 10.1. The fourth-order valence-electron chi connectivity index (χ4n) is 3.24. The van der Waals surface area contributed by atoms with E-state index in [4.69, 9.17) is 0 Å². The summed E-state index contributed by atoms with van der Waals surface area (Å²) in [4.78, 5) is 28.4. The molecule has 2 amide bonds. The number of carbonyl (C=O) groups excluding carboxylic acids is 2. The van der Waals surface area contributed by atoms with Gasteiger partial charge in [-0.1, -0.05) is 29.5 Å². The fourth-order valence-corrected chi connectivity index (χ4v) is 3.24. The normalized spacial score (nSPS) is 10.7. The van der Waals surface area contributed by atoms with Gasteiger partial charge in [0.2, 0.25) is 0 Å². The molecular formula is C23H27N5O2. The van der Waals surface area contributed by atoms with Crippen LogP contribution in [0.5, 0.6) is 0 Å². The van der Waals surface area contributed by atoms with Crippen LogP contribution in [-0.2, 0) is 6.54 Å². The Balaban J connectivity index is 1.79. The quantitative estimate of drug-likeness (QED) is 0.631. The van der Waals surface area contributed by atoms with Crippen molar-refractivity contribution in [3.05, 3.63) is 76.6 Å². The van der Waals surface area contributed by atoms with Crippen LogP contribution in [0.4, 0.5) is 0 Å². The summed E-state index contributed by atoms with van der Waals surface area (Å²) in [5, 5.41) is 8.36. The molecule has 0 bridgehead atoms. The van der Waals surface area contributed by atoms with Gasteiger partial charge < -0.3 is 9.80 Å². The standard InChI is InChI=1S/C23H27N5O2/c1-6-27(15-18-10-12-19(13-11-18)22(29)26(4)5)23(30)21-17(3)28(25-24-21)20-9-7-8-16(2)14-20/h7-14H,6,15H2,1-5H3. The summed E-state index contributed by atoms with van der Waals surface area (Å²) in [5.41, 5.74) is 4.61. The number of nitrogens with zero attached hydrogens (tertiary/aromatic N) is 5. The molecule has 0 N–H and O–H groups in total. The van der Waals surface area contributed by atoms with Crippen LogP contribution in [0.3, 0.4) is 0 Å². The zero-order chi connectivity index (χ0) is 21.8. The molecule has 3 aromatic rings. The molecule has 156 valence electrons. The van der Waals surface area contributed by atoms with Gasteiger partial charge in [0.25, 0.3) is 11.8 Å². The summed E-state index contributed by atoms with van der Waals surface area (Å²) in [6.45, 7) is 6.77. The second-order valence-electron chi connectivity index (χ2n) is 7.49. The predicted octanol–water partition coefficient (Wildman–Crippen LogP) is 3.25. The number of hydrogen-bond donors (Lipinski definition) is 0. The smallest absolute Gasteiger partial charge is 0.276 e. The summed E-state index contributed by atoms with van der Waals surface area (Å²) in [6, 6.07) is 15.2. The summed E-state index contributed by atoms with van der Waals surface area (Å²) < 4.78 is 1.69. The van der Waals surface area contributed by atoms with Crippen molar-refractivity contribution in [3.8, 4) is 5.69 Å². The molecule has 0 radical (unpaired) electrons. The largest absolute Gasteiger partial charge is 0.345 e. The van der Waals surface area contributed by atoms with E-state index in [9.17, 15) is 9.59 Å². The van der Waals surface area contributed by atoms with Crippen molar-refractivity contribution in [2.45, 2.75) is 27.3 Å². The third kappa shape index (κ3) is 4.40. The first kappa shape index (κ1) is 21.2. The Morgan fingerprint density at radius 2 is 1.70 bits per heavy atom. The topological polar surface area (TPSA) is 71.3 Å². The Morgan fingerprint density at radius 1 is 1.00 bits per heavy atom. The lowest BCUT2D eigenvalue weighted by molar-refractivity contribution is 0.0744. The van der Waals surface area contributed by atoms with Gasteiger partial charge in [0, 0.05) is 32.7 Å². The molecule has 2 aromatic carbocycles. The first-order valence-corrected chi connectivity index (χ1v) is 9.91. The SMILES string of the molecule is CCN(Cc1ccc(C(=O)N(C)C)cc1)C(=O)c1nnn(-c2cccc(C)c2)c1C. The van der Waals surface area contributed by atoms with Gasteiger partial charge in [-0.15, -0.1) is 5.10 Å². The molecule has 7 nitrogen and oxygen atoms in total. The number of aromatic nitrogens is 3. The Hall–Kier alpha value is -3.48. The highest BCUT2D eigenvalue weighted by atomic mass is 16.2. The molecule has 0 saturated heterocycles. The third-order valence-electron chi connectivity index (χ3n) is 4.99. The molecule has 7 heteroatoms. The van der Waals surface area contributed by atoms with Gasteiger partial charge in [-0.2, -0.15) is 0 Å². The average Bonchev–Trinajstić information content (AvgIpc) is 3.12. The highest BCUT2D eigenvalue weighted by Crippen LogP contribution is 2.17. The van der Waals surface area contributed by atoms with E-state index in [1.165, 1.54) is 4.90 Å². The van der Waals surface area contributed by atoms with Crippen LogP contribution in [0, 0.1) is 13.8 Å². The van der Waals surface area contributed by atoms with Gasteiger partial charge in [-0.25, -0.2) is 4.68 Å². The van der Waals surface area contributed by atoms with Crippen molar-refractivity contribution in [1.29, 1.82) is 0 Å². The number of hydrogen-bond acceptors (Lipinski definition) is 4. The number of carbonyl (C=O) groups is 2. The summed E-state index contributed by atoms with van der Waals surface area (Å²) >= 11 is 0. The van der Waals surface area contributed by atoms with Crippen molar-refractivity contribution < 1.29 is 9.59 Å². The molecular weight excluding hydrogens is 378 g/mol. The number of amides is 2. The Morgan fingerprint density at radius 3 is 2.30 bits per heavy atom. The van der Waals surface area contributed by atoms with E-state index in [-0.39, 0.29) is 11.8 Å². The summed E-state index contributed by atoms with van der Waals surface area (Å²) in [6.07, 6.45) is 0. The van der Waals surface area contributed by atoms with Crippen LogP contribution < -0.4 is 0 Å². The van der Waals surface area contributed by atoms with Crippen LogP contribution in [0.2, 0.25) is 0 Å². The van der Waals surface area contributed by atoms with E-state index in [0.717, 1.165) is 16.8 Å². The van der Waals surface area contributed by atoms with Gasteiger partial charge >= 0.3 is 0 Å². The molecule has 1 aromatic heterocycles. The molecule has 1 heterocycles. The molecule has 0 aliphatic heterocycles. The number of aryl methyl sites for hydroxylation is 1.